The molecular weight excluding hydrogens is 266 g/mol. The van der Waals surface area contributed by atoms with Crippen LogP contribution in [0.5, 0.6) is 0 Å². The van der Waals surface area contributed by atoms with Crippen LogP contribution < -0.4 is 16.6 Å². The molecule has 0 saturated carbocycles. The van der Waals surface area contributed by atoms with Gasteiger partial charge in [0, 0.05) is 38.4 Å². The number of rotatable bonds is 3. The summed E-state index contributed by atoms with van der Waals surface area (Å²) in [7, 11) is 3.19. The van der Waals surface area contributed by atoms with Gasteiger partial charge in [-0.05, 0) is 24.0 Å². The van der Waals surface area contributed by atoms with Crippen LogP contribution in [0.25, 0.3) is 0 Å². The topological polar surface area (TPSA) is 56.0 Å². The van der Waals surface area contributed by atoms with Crippen LogP contribution in [-0.4, -0.2) is 9.13 Å². The van der Waals surface area contributed by atoms with Crippen LogP contribution in [0.15, 0.2) is 39.9 Å². The first-order valence-corrected chi connectivity index (χ1v) is 7.15. The van der Waals surface area contributed by atoms with Gasteiger partial charge in [-0.25, -0.2) is 4.79 Å². The summed E-state index contributed by atoms with van der Waals surface area (Å²) in [4.78, 5) is 23.6. The third kappa shape index (κ3) is 2.45. The minimum absolute atomic E-state index is 0.262. The van der Waals surface area contributed by atoms with E-state index in [1.54, 1.807) is 7.05 Å². The van der Waals surface area contributed by atoms with Crippen molar-refractivity contribution in [1.29, 1.82) is 0 Å². The zero-order valence-corrected chi connectivity index (χ0v) is 12.3. The zero-order valence-electron chi connectivity index (χ0n) is 12.3. The lowest BCUT2D eigenvalue weighted by Crippen LogP contribution is -2.39. The van der Waals surface area contributed by atoms with Gasteiger partial charge in [0.25, 0.3) is 5.56 Å². The molecule has 0 radical (unpaired) electrons. The molecule has 5 nitrogen and oxygen atoms in total. The van der Waals surface area contributed by atoms with E-state index < -0.39 is 0 Å². The van der Waals surface area contributed by atoms with Crippen molar-refractivity contribution in [3.63, 3.8) is 0 Å². The quantitative estimate of drug-likeness (QED) is 0.910. The van der Waals surface area contributed by atoms with E-state index in [0.29, 0.717) is 18.3 Å². The number of hydrogen-bond donors (Lipinski definition) is 1. The third-order valence-corrected chi connectivity index (χ3v) is 4.29. The Hall–Kier alpha value is -2.14. The molecule has 0 aliphatic heterocycles. The van der Waals surface area contributed by atoms with Crippen LogP contribution in [-0.2, 0) is 27.1 Å². The molecule has 0 fully saturated rings. The molecule has 0 amide bonds. The summed E-state index contributed by atoms with van der Waals surface area (Å²) < 4.78 is 2.64. The molecule has 0 bridgehead atoms. The fourth-order valence-corrected chi connectivity index (χ4v) is 2.94. The maximum atomic E-state index is 11.9. The van der Waals surface area contributed by atoms with Gasteiger partial charge in [-0.15, -0.1) is 0 Å². The first-order valence-electron chi connectivity index (χ1n) is 7.15. The fourth-order valence-electron chi connectivity index (χ4n) is 2.94. The molecule has 1 aliphatic rings. The van der Waals surface area contributed by atoms with Gasteiger partial charge >= 0.3 is 5.69 Å². The van der Waals surface area contributed by atoms with E-state index in [1.165, 1.54) is 28.8 Å². The molecule has 2 aromatic rings. The Morgan fingerprint density at radius 1 is 1.19 bits per heavy atom. The summed E-state index contributed by atoms with van der Waals surface area (Å²) in [6.07, 6.45) is 2.13. The fraction of sp³-hybridized carbons (Fsp3) is 0.375. The second-order valence-electron chi connectivity index (χ2n) is 5.55. The Labute approximate surface area is 122 Å². The van der Waals surface area contributed by atoms with Crippen molar-refractivity contribution in [2.45, 2.75) is 25.4 Å². The highest BCUT2D eigenvalue weighted by Gasteiger charge is 2.21. The standard InChI is InChI=1S/C16H19N3O2/c1-18-12(9-15(20)19(2)16(18)21)10-17-14-8-7-11-5-3-4-6-13(11)14/h3-6,9,14,17H,7-8,10H2,1-2H3. The minimum Gasteiger partial charge on any atom is -0.304 e. The Bertz CT molecular complexity index is 789. The first kappa shape index (κ1) is 13.8. The third-order valence-electron chi connectivity index (χ3n) is 4.29. The van der Waals surface area contributed by atoms with E-state index in [0.717, 1.165) is 17.4 Å². The molecule has 3 rings (SSSR count). The molecule has 0 saturated heterocycles. The van der Waals surface area contributed by atoms with Crippen LogP contribution in [0.4, 0.5) is 0 Å². The van der Waals surface area contributed by atoms with Gasteiger partial charge < -0.3 is 5.32 Å². The molecule has 1 unspecified atom stereocenters. The first-order chi connectivity index (χ1) is 10.1. The highest BCUT2D eigenvalue weighted by atomic mass is 16.2. The van der Waals surface area contributed by atoms with Gasteiger partial charge in [-0.1, -0.05) is 24.3 Å². The number of hydrogen-bond acceptors (Lipinski definition) is 3. The maximum absolute atomic E-state index is 11.9. The van der Waals surface area contributed by atoms with Gasteiger partial charge in [-0.2, -0.15) is 0 Å². The molecule has 0 spiro atoms. The lowest BCUT2D eigenvalue weighted by atomic mass is 10.1. The lowest BCUT2D eigenvalue weighted by molar-refractivity contribution is 0.508. The highest BCUT2D eigenvalue weighted by Crippen LogP contribution is 2.30. The Kier molecular flexibility index (Phi) is 3.51. The molecule has 110 valence electrons. The van der Waals surface area contributed by atoms with Crippen LogP contribution in [0.2, 0.25) is 0 Å². The number of aromatic nitrogens is 2. The highest BCUT2D eigenvalue weighted by molar-refractivity contribution is 5.34. The van der Waals surface area contributed by atoms with Gasteiger partial charge in [0.2, 0.25) is 0 Å². The van der Waals surface area contributed by atoms with Gasteiger partial charge in [0.05, 0.1) is 0 Å². The van der Waals surface area contributed by atoms with E-state index in [9.17, 15) is 9.59 Å². The monoisotopic (exact) mass is 285 g/mol. The number of aryl methyl sites for hydroxylation is 1. The average molecular weight is 285 g/mol. The molecule has 1 heterocycles. The number of nitrogens with zero attached hydrogens (tertiary/aromatic N) is 2. The summed E-state index contributed by atoms with van der Waals surface area (Å²) in [6, 6.07) is 10.2. The second kappa shape index (κ2) is 5.33. The molecule has 5 heteroatoms. The Balaban J connectivity index is 1.81. The van der Waals surface area contributed by atoms with E-state index in [-0.39, 0.29) is 11.2 Å². The van der Waals surface area contributed by atoms with Crippen LogP contribution >= 0.6 is 0 Å². The molecule has 1 aliphatic carbocycles. The largest absolute Gasteiger partial charge is 0.330 e. The van der Waals surface area contributed by atoms with Crippen molar-refractivity contribution < 1.29 is 0 Å². The van der Waals surface area contributed by atoms with E-state index in [2.05, 4.69) is 23.5 Å². The van der Waals surface area contributed by atoms with E-state index >= 15 is 0 Å². The van der Waals surface area contributed by atoms with E-state index in [1.807, 2.05) is 6.07 Å². The summed E-state index contributed by atoms with van der Waals surface area (Å²) >= 11 is 0. The molecule has 1 aromatic heterocycles. The predicted octanol–water partition coefficient (Wildman–Crippen LogP) is 0.861. The summed E-state index contributed by atoms with van der Waals surface area (Å²) in [6.45, 7) is 0.515. The van der Waals surface area contributed by atoms with Crippen LogP contribution in [0.1, 0.15) is 29.3 Å². The van der Waals surface area contributed by atoms with Crippen molar-refractivity contribution in [2.24, 2.45) is 14.1 Å². The van der Waals surface area contributed by atoms with Gasteiger partial charge in [0.1, 0.15) is 0 Å². The summed E-state index contributed by atoms with van der Waals surface area (Å²) in [5, 5.41) is 3.46. The van der Waals surface area contributed by atoms with Crippen molar-refractivity contribution in [1.82, 2.24) is 14.5 Å². The van der Waals surface area contributed by atoms with Crippen molar-refractivity contribution >= 4 is 0 Å². The summed E-state index contributed by atoms with van der Waals surface area (Å²) in [5.41, 5.74) is 2.87. The maximum Gasteiger partial charge on any atom is 0.330 e. The number of fused-ring (bicyclic) bond motifs is 1. The van der Waals surface area contributed by atoms with Gasteiger partial charge in [-0.3, -0.25) is 13.9 Å². The molecular formula is C16H19N3O2. The smallest absolute Gasteiger partial charge is 0.304 e. The van der Waals surface area contributed by atoms with Gasteiger partial charge in [0.15, 0.2) is 0 Å². The van der Waals surface area contributed by atoms with Crippen molar-refractivity contribution in [3.8, 4) is 0 Å². The van der Waals surface area contributed by atoms with Crippen molar-refractivity contribution in [2.75, 3.05) is 0 Å². The predicted molar refractivity (Wildman–Crippen MR) is 81.3 cm³/mol. The Morgan fingerprint density at radius 2 is 1.95 bits per heavy atom. The van der Waals surface area contributed by atoms with Crippen LogP contribution in [0.3, 0.4) is 0 Å². The summed E-state index contributed by atoms with van der Waals surface area (Å²) in [5.74, 6) is 0. The average Bonchev–Trinajstić information content (AvgIpc) is 2.91. The normalized spacial score (nSPS) is 17.0. The SMILES string of the molecule is Cn1c(CNC2CCc3ccccc32)cc(=O)n(C)c1=O. The zero-order chi connectivity index (χ0) is 15.0. The second-order valence-corrected chi connectivity index (χ2v) is 5.55. The molecule has 1 N–H and O–H groups in total. The number of benzene rings is 1. The minimum atomic E-state index is -0.286. The van der Waals surface area contributed by atoms with Crippen LogP contribution in [0, 0.1) is 0 Å². The lowest BCUT2D eigenvalue weighted by Gasteiger charge is -2.16. The molecule has 1 aromatic carbocycles. The Morgan fingerprint density at radius 3 is 2.76 bits per heavy atom. The van der Waals surface area contributed by atoms with Crippen molar-refractivity contribution in [3.05, 3.63) is 68.0 Å². The molecule has 1 atom stereocenters. The van der Waals surface area contributed by atoms with E-state index in [4.69, 9.17) is 0 Å². The number of nitrogens with one attached hydrogen (secondary N) is 1. The molecule has 21 heavy (non-hydrogen) atoms.